The monoisotopic (exact) mass is 916 g/mol. The normalized spacial score (nSPS) is 18.6. The van der Waals surface area contributed by atoms with E-state index in [1.54, 1.807) is 45.6 Å². The number of carbonyl (C=O) groups excluding carboxylic acids is 2. The molecule has 2 amide bonds. The number of imidazole rings is 2. The molecule has 8 heterocycles. The highest BCUT2D eigenvalue weighted by molar-refractivity contribution is 6.33. The number of aromatic nitrogens is 12. The van der Waals surface area contributed by atoms with Crippen molar-refractivity contribution in [3.63, 3.8) is 0 Å². The van der Waals surface area contributed by atoms with Gasteiger partial charge in [0.1, 0.15) is 52.7 Å². The second-order valence-corrected chi connectivity index (χ2v) is 17.8. The van der Waals surface area contributed by atoms with Gasteiger partial charge in [0.2, 0.25) is 0 Å². The molecule has 0 aromatic carbocycles. The smallest absolute Gasteiger partial charge is 0.410 e. The Morgan fingerprint density at radius 3 is 1.60 bits per heavy atom. The van der Waals surface area contributed by atoms with Gasteiger partial charge in [0.15, 0.2) is 27.8 Å². The van der Waals surface area contributed by atoms with Crippen molar-refractivity contribution in [1.29, 1.82) is 0 Å². The first kappa shape index (κ1) is 48.2. The van der Waals surface area contributed by atoms with Gasteiger partial charge in [0.25, 0.3) is 0 Å². The van der Waals surface area contributed by atoms with Crippen LogP contribution in [0.5, 0.6) is 0 Å². The van der Waals surface area contributed by atoms with E-state index >= 15 is 0 Å². The molecule has 6 aromatic rings. The number of rotatable bonds is 6. The topological polar surface area (TPSA) is 276 Å². The number of aliphatic hydroxyl groups is 2. The summed E-state index contributed by atoms with van der Waals surface area (Å²) in [4.78, 5) is 70.0. The fourth-order valence-corrected chi connectivity index (χ4v) is 7.04. The van der Waals surface area contributed by atoms with Crippen molar-refractivity contribution in [3.8, 4) is 22.8 Å². The van der Waals surface area contributed by atoms with Crippen molar-refractivity contribution >= 4 is 51.9 Å². The van der Waals surface area contributed by atoms with Crippen molar-refractivity contribution in [2.45, 2.75) is 118 Å². The quantitative estimate of drug-likeness (QED) is 0.170. The fraction of sp³-hybridized carbons (Fsp3) is 0.524. The van der Waals surface area contributed by atoms with Crippen molar-refractivity contribution in [3.05, 3.63) is 54.2 Å². The van der Waals surface area contributed by atoms with E-state index in [-0.39, 0.29) is 25.7 Å². The Hall–Kier alpha value is -6.23. The maximum absolute atomic E-state index is 12.4. The Bertz CT molecular complexity index is 2580. The molecule has 348 valence electrons. The van der Waals surface area contributed by atoms with Gasteiger partial charge in [0.05, 0.1) is 48.5 Å². The highest BCUT2D eigenvalue weighted by Crippen LogP contribution is 2.29. The van der Waals surface area contributed by atoms with Crippen LogP contribution in [-0.4, -0.2) is 153 Å². The molecule has 2 fully saturated rings. The number of fused-ring (bicyclic) bond motifs is 2. The molecule has 2 saturated heterocycles. The Morgan fingerprint density at radius 1 is 0.692 bits per heavy atom. The average Bonchev–Trinajstić information content (AvgIpc) is 4.01. The highest BCUT2D eigenvalue weighted by atomic mass is 35.5. The first-order chi connectivity index (χ1) is 30.7. The lowest BCUT2D eigenvalue weighted by atomic mass is 10.2. The minimum absolute atomic E-state index is 0.177. The van der Waals surface area contributed by atoms with Gasteiger partial charge in [-0.1, -0.05) is 11.6 Å². The Labute approximate surface area is 381 Å². The summed E-state index contributed by atoms with van der Waals surface area (Å²) < 4.78 is 14.5. The van der Waals surface area contributed by atoms with E-state index in [2.05, 4.69) is 50.2 Å². The predicted molar refractivity (Wildman–Crippen MR) is 242 cm³/mol. The van der Waals surface area contributed by atoms with Crippen LogP contribution in [0.2, 0.25) is 5.15 Å². The van der Waals surface area contributed by atoms with E-state index in [1.165, 1.54) is 22.5 Å². The van der Waals surface area contributed by atoms with Crippen molar-refractivity contribution in [1.82, 2.24) is 68.8 Å². The number of hydrogen-bond acceptors (Lipinski definition) is 18. The number of likely N-dealkylation sites (tertiary alicyclic amines) is 2. The molecule has 0 aliphatic carbocycles. The number of carbonyl (C=O) groups is 2. The van der Waals surface area contributed by atoms with Crippen LogP contribution in [0, 0.1) is 13.8 Å². The van der Waals surface area contributed by atoms with E-state index in [1.807, 2.05) is 57.6 Å². The van der Waals surface area contributed by atoms with Gasteiger partial charge in [-0.05, 0) is 69.2 Å². The number of aryl methyl sites for hydroxylation is 4. The molecule has 0 spiro atoms. The zero-order chi connectivity index (χ0) is 47.4. The third-order valence-electron chi connectivity index (χ3n) is 9.98. The number of aliphatic hydroxyl groups excluding tert-OH is 2. The Balaban J connectivity index is 0.000000179. The second-order valence-electron chi connectivity index (χ2n) is 17.4. The summed E-state index contributed by atoms with van der Waals surface area (Å²) in [5.41, 5.74) is 8.63. The van der Waals surface area contributed by atoms with Crippen molar-refractivity contribution in [2.75, 3.05) is 31.5 Å². The summed E-state index contributed by atoms with van der Waals surface area (Å²) in [6.45, 7) is 21.0. The first-order valence-electron chi connectivity index (χ1n) is 21.2. The number of amides is 2. The summed E-state index contributed by atoms with van der Waals surface area (Å²) in [6, 6.07) is -0.777. The average molecular weight is 917 g/mol. The molecule has 5 N–H and O–H groups in total. The van der Waals surface area contributed by atoms with Gasteiger partial charge in [-0.15, -0.1) is 0 Å². The molecular formula is C42H57ClN16O6. The molecule has 0 saturated carbocycles. The Kier molecular flexibility index (Phi) is 14.8. The zero-order valence-electron chi connectivity index (χ0n) is 38.3. The number of anilines is 1. The molecular weight excluding hydrogens is 860 g/mol. The van der Waals surface area contributed by atoms with Crippen LogP contribution in [0.1, 0.15) is 67.0 Å². The lowest BCUT2D eigenvalue weighted by molar-refractivity contribution is 0.0261. The number of nitrogens with zero attached hydrogens (tertiary/aromatic N) is 14. The number of β-amino-alcohol motifs (C(OH)–C–C–N with tert-alkyl or cyclic N) is 2. The molecule has 65 heavy (non-hydrogen) atoms. The lowest BCUT2D eigenvalue weighted by Gasteiger charge is -2.24. The maximum atomic E-state index is 12.4. The fourth-order valence-electron chi connectivity index (χ4n) is 6.87. The van der Waals surface area contributed by atoms with E-state index in [0.29, 0.717) is 52.4 Å². The molecule has 0 bridgehead atoms. The summed E-state index contributed by atoms with van der Waals surface area (Å²) in [6.07, 6.45) is 7.58. The number of nitrogens with one attached hydrogen (secondary N) is 1. The zero-order valence-corrected chi connectivity index (χ0v) is 39.0. The molecule has 2 aliphatic heterocycles. The van der Waals surface area contributed by atoms with E-state index in [4.69, 9.17) is 31.8 Å². The summed E-state index contributed by atoms with van der Waals surface area (Å²) >= 11 is 6.05. The van der Waals surface area contributed by atoms with Crippen molar-refractivity contribution < 1.29 is 29.3 Å². The molecule has 4 atom stereocenters. The Morgan fingerprint density at radius 2 is 1.14 bits per heavy atom. The van der Waals surface area contributed by atoms with Gasteiger partial charge in [-0.25, -0.2) is 59.4 Å². The van der Waals surface area contributed by atoms with Crippen LogP contribution in [0.15, 0.2) is 37.4 Å². The summed E-state index contributed by atoms with van der Waals surface area (Å²) in [7, 11) is 0. The summed E-state index contributed by atoms with van der Waals surface area (Å²) in [5, 5.41) is 23.5. The maximum Gasteiger partial charge on any atom is 0.410 e. The number of hydrogen-bond donors (Lipinski definition) is 4. The highest BCUT2D eigenvalue weighted by Gasteiger charge is 2.37. The number of ether oxygens (including phenoxy) is 2. The van der Waals surface area contributed by atoms with Gasteiger partial charge >= 0.3 is 12.2 Å². The second kappa shape index (κ2) is 19.9. The largest absolute Gasteiger partial charge is 0.444 e. The van der Waals surface area contributed by atoms with Gasteiger partial charge < -0.3 is 49.7 Å². The molecule has 22 nitrogen and oxygen atoms in total. The SMILES string of the molecule is CC(C)(C)OC(=O)N1CC(N)C(O)C1.CCn1c(-c2cnc(C)nc2)nc2c(Cl)ncnc21.CCn1c(-c2cnc(C)nc2)nc2c(NC3CN(C(=O)OC(C)(C)C)CC3O)ncnc21. The van der Waals surface area contributed by atoms with Gasteiger partial charge in [-0.3, -0.25) is 0 Å². The third-order valence-corrected chi connectivity index (χ3v) is 10.3. The number of nitrogens with two attached hydrogens (primary N) is 1. The molecule has 4 unspecified atom stereocenters. The van der Waals surface area contributed by atoms with Gasteiger partial charge in [0, 0.05) is 51.0 Å². The first-order valence-corrected chi connectivity index (χ1v) is 21.5. The van der Waals surface area contributed by atoms with Crippen LogP contribution in [0.4, 0.5) is 15.4 Å². The lowest BCUT2D eigenvalue weighted by Crippen LogP contribution is -2.36. The minimum atomic E-state index is -0.772. The van der Waals surface area contributed by atoms with Crippen LogP contribution in [0.25, 0.3) is 45.1 Å². The third kappa shape index (κ3) is 11.7. The molecule has 2 aliphatic rings. The molecule has 8 rings (SSSR count). The molecule has 6 aromatic heterocycles. The predicted octanol–water partition coefficient (Wildman–Crippen LogP) is 4.19. The van der Waals surface area contributed by atoms with Crippen LogP contribution in [-0.2, 0) is 22.6 Å². The van der Waals surface area contributed by atoms with E-state index < -0.39 is 41.6 Å². The number of halogens is 1. The van der Waals surface area contributed by atoms with E-state index in [0.717, 1.165) is 35.0 Å². The molecule has 23 heteroatoms. The summed E-state index contributed by atoms with van der Waals surface area (Å²) in [5.74, 6) is 3.33. The van der Waals surface area contributed by atoms with E-state index in [9.17, 15) is 19.8 Å². The van der Waals surface area contributed by atoms with Crippen LogP contribution in [0.3, 0.4) is 0 Å². The van der Waals surface area contributed by atoms with Crippen LogP contribution >= 0.6 is 11.6 Å². The minimum Gasteiger partial charge on any atom is -0.444 e. The van der Waals surface area contributed by atoms with Gasteiger partial charge in [-0.2, -0.15) is 0 Å². The van der Waals surface area contributed by atoms with Crippen LogP contribution < -0.4 is 11.1 Å². The van der Waals surface area contributed by atoms with Crippen molar-refractivity contribution in [2.24, 2.45) is 5.73 Å². The molecule has 0 radical (unpaired) electrons. The standard InChI is InChI=1S/C21H28N8O3.C12H11ClN6.C9H18N2O3/c1-6-29-18(13-7-22-12(2)23-8-13)27-16-17(24-11-25-19(16)29)26-14-9-28(10-15(14)30)20(31)32-21(3,4)5;1-3-19-11(8-4-14-7(2)15-5-8)18-9-10(13)16-6-17-12(9)19;1-9(2,3)14-8(13)11-4-6(10)7(12)5-11/h7-8,11,14-15,30H,6,9-10H2,1-5H3,(H,24,25,26);4-6H,3H2,1-2H3;6-7,12H,4-5,10H2,1-3H3.